The number of aliphatic imine (C=N–C) groups is 1. The van der Waals surface area contributed by atoms with Gasteiger partial charge in [-0.1, -0.05) is 27.7 Å². The lowest BCUT2D eigenvalue weighted by Gasteiger charge is -2.31. The van der Waals surface area contributed by atoms with E-state index in [1.54, 1.807) is 7.11 Å². The average Bonchev–Trinajstić information content (AvgIpc) is 2.52. The van der Waals surface area contributed by atoms with Gasteiger partial charge in [0.1, 0.15) is 0 Å². The summed E-state index contributed by atoms with van der Waals surface area (Å²) in [6.45, 7) is 14.5. The molecular weight excluding hydrogens is 427 g/mol. The lowest BCUT2D eigenvalue weighted by atomic mass is 9.89. The van der Waals surface area contributed by atoms with Crippen molar-refractivity contribution in [3.05, 3.63) is 0 Å². The van der Waals surface area contributed by atoms with Crippen molar-refractivity contribution in [1.82, 2.24) is 15.5 Å². The summed E-state index contributed by atoms with van der Waals surface area (Å²) in [4.78, 5) is 6.92. The summed E-state index contributed by atoms with van der Waals surface area (Å²) in [5.41, 5.74) is 0.117. The van der Waals surface area contributed by atoms with Crippen LogP contribution in [0.4, 0.5) is 0 Å². The molecule has 0 saturated carbocycles. The summed E-state index contributed by atoms with van der Waals surface area (Å²) in [6.07, 6.45) is 5.36. The van der Waals surface area contributed by atoms with Gasteiger partial charge in [0.25, 0.3) is 0 Å². The normalized spacial score (nSPS) is 20.7. The summed E-state index contributed by atoms with van der Waals surface area (Å²) < 4.78 is 5.58. The molecule has 0 spiro atoms. The van der Waals surface area contributed by atoms with Crippen LogP contribution >= 0.6 is 24.0 Å². The lowest BCUT2D eigenvalue weighted by molar-refractivity contribution is 0.0205. The van der Waals surface area contributed by atoms with Crippen LogP contribution in [0, 0.1) is 11.3 Å². The molecule has 0 amide bonds. The minimum absolute atomic E-state index is 0. The highest BCUT2D eigenvalue weighted by Gasteiger charge is 2.24. The largest absolute Gasteiger partial charge is 0.379 e. The van der Waals surface area contributed by atoms with Gasteiger partial charge in [0.05, 0.1) is 6.10 Å². The van der Waals surface area contributed by atoms with Gasteiger partial charge in [0.2, 0.25) is 0 Å². The Bertz CT molecular complexity index is 371. The predicted octanol–water partition coefficient (Wildman–Crippen LogP) is 3.34. The van der Waals surface area contributed by atoms with E-state index in [0.717, 1.165) is 25.0 Å². The number of guanidine groups is 1. The first kappa shape index (κ1) is 24.9. The molecule has 2 atom stereocenters. The highest BCUT2D eigenvalue weighted by Crippen LogP contribution is 2.20. The van der Waals surface area contributed by atoms with E-state index in [9.17, 15) is 0 Å². The van der Waals surface area contributed by atoms with Gasteiger partial charge < -0.3 is 20.3 Å². The standard InChI is InChI=1S/C19H40N4O.HI/c1-16-10-9-13-23(15-16)12-8-7-11-21-18(20-5)22-14-17(24-6)19(2,3)4;/h16-17H,7-15H2,1-6H3,(H2,20,21,22);1H. The maximum Gasteiger partial charge on any atom is 0.191 e. The molecule has 0 aromatic carbocycles. The number of likely N-dealkylation sites (tertiary alicyclic amines) is 1. The van der Waals surface area contributed by atoms with Gasteiger partial charge in [-0.3, -0.25) is 4.99 Å². The third kappa shape index (κ3) is 10.6. The summed E-state index contributed by atoms with van der Waals surface area (Å²) in [7, 11) is 3.60. The molecule has 0 radical (unpaired) electrons. The van der Waals surface area contributed by atoms with Crippen molar-refractivity contribution in [2.45, 2.75) is 59.5 Å². The minimum atomic E-state index is 0. The summed E-state index contributed by atoms with van der Waals surface area (Å²) >= 11 is 0. The van der Waals surface area contributed by atoms with Crippen molar-refractivity contribution < 1.29 is 4.74 Å². The predicted molar refractivity (Wildman–Crippen MR) is 119 cm³/mol. The molecule has 6 heteroatoms. The van der Waals surface area contributed by atoms with Gasteiger partial charge in [0.15, 0.2) is 5.96 Å². The Morgan fingerprint density at radius 2 is 2.00 bits per heavy atom. The molecule has 2 unspecified atom stereocenters. The molecule has 150 valence electrons. The zero-order valence-electron chi connectivity index (χ0n) is 17.2. The van der Waals surface area contributed by atoms with Crippen LogP contribution in [0.15, 0.2) is 4.99 Å². The van der Waals surface area contributed by atoms with E-state index >= 15 is 0 Å². The monoisotopic (exact) mass is 468 g/mol. The fourth-order valence-electron chi connectivity index (χ4n) is 3.31. The first-order valence-electron chi connectivity index (χ1n) is 9.56. The second kappa shape index (κ2) is 13.1. The Kier molecular flexibility index (Phi) is 13.1. The molecule has 0 aromatic heterocycles. The van der Waals surface area contributed by atoms with E-state index in [1.165, 1.54) is 45.3 Å². The number of rotatable bonds is 8. The fourth-order valence-corrected chi connectivity index (χ4v) is 3.31. The van der Waals surface area contributed by atoms with E-state index in [1.807, 2.05) is 7.05 Å². The minimum Gasteiger partial charge on any atom is -0.379 e. The smallest absolute Gasteiger partial charge is 0.191 e. The maximum atomic E-state index is 5.58. The van der Waals surface area contributed by atoms with Crippen molar-refractivity contribution in [2.24, 2.45) is 16.3 Å². The van der Waals surface area contributed by atoms with Crippen molar-refractivity contribution >= 4 is 29.9 Å². The van der Waals surface area contributed by atoms with Crippen LogP contribution in [0.5, 0.6) is 0 Å². The van der Waals surface area contributed by atoms with E-state index in [4.69, 9.17) is 4.74 Å². The first-order valence-corrected chi connectivity index (χ1v) is 9.56. The van der Waals surface area contributed by atoms with Crippen molar-refractivity contribution in [1.29, 1.82) is 0 Å². The topological polar surface area (TPSA) is 48.9 Å². The quantitative estimate of drug-likeness (QED) is 0.248. The Hall–Kier alpha value is -0.0800. The highest BCUT2D eigenvalue weighted by atomic mass is 127. The summed E-state index contributed by atoms with van der Waals surface area (Å²) in [6, 6.07) is 0. The number of ether oxygens (including phenoxy) is 1. The fraction of sp³-hybridized carbons (Fsp3) is 0.947. The molecule has 1 heterocycles. The van der Waals surface area contributed by atoms with Crippen LogP contribution in [-0.2, 0) is 4.74 Å². The maximum absolute atomic E-state index is 5.58. The number of hydrogen-bond donors (Lipinski definition) is 2. The van der Waals surface area contributed by atoms with Crippen LogP contribution in [-0.4, -0.2) is 63.8 Å². The van der Waals surface area contributed by atoms with Crippen molar-refractivity contribution in [2.75, 3.05) is 46.9 Å². The van der Waals surface area contributed by atoms with Gasteiger partial charge >= 0.3 is 0 Å². The van der Waals surface area contributed by atoms with Crippen LogP contribution < -0.4 is 10.6 Å². The van der Waals surface area contributed by atoms with E-state index in [2.05, 4.69) is 48.2 Å². The van der Waals surface area contributed by atoms with Crippen LogP contribution in [0.25, 0.3) is 0 Å². The molecule has 0 aliphatic carbocycles. The molecule has 0 bridgehead atoms. The SMILES string of the molecule is CN=C(NCCCCN1CCCC(C)C1)NCC(OC)C(C)(C)C.I. The third-order valence-electron chi connectivity index (χ3n) is 4.86. The van der Waals surface area contributed by atoms with Gasteiger partial charge in [-0.05, 0) is 50.1 Å². The van der Waals surface area contributed by atoms with E-state index in [0.29, 0.717) is 0 Å². The Labute approximate surface area is 172 Å². The Morgan fingerprint density at radius 1 is 1.28 bits per heavy atom. The lowest BCUT2D eigenvalue weighted by Crippen LogP contribution is -2.45. The Morgan fingerprint density at radius 3 is 2.56 bits per heavy atom. The van der Waals surface area contributed by atoms with Gasteiger partial charge in [0, 0.05) is 33.8 Å². The highest BCUT2D eigenvalue weighted by molar-refractivity contribution is 14.0. The number of nitrogens with one attached hydrogen (secondary N) is 2. The van der Waals surface area contributed by atoms with Crippen molar-refractivity contribution in [3.63, 3.8) is 0 Å². The average molecular weight is 468 g/mol. The second-order valence-corrected chi connectivity index (χ2v) is 8.23. The van der Waals surface area contributed by atoms with Gasteiger partial charge in [-0.2, -0.15) is 0 Å². The molecule has 5 nitrogen and oxygen atoms in total. The molecule has 1 aliphatic heterocycles. The number of piperidine rings is 1. The van der Waals surface area contributed by atoms with Gasteiger partial charge in [-0.15, -0.1) is 24.0 Å². The van der Waals surface area contributed by atoms with Gasteiger partial charge in [-0.25, -0.2) is 0 Å². The molecule has 1 saturated heterocycles. The molecule has 25 heavy (non-hydrogen) atoms. The van der Waals surface area contributed by atoms with E-state index < -0.39 is 0 Å². The van der Waals surface area contributed by atoms with Crippen molar-refractivity contribution in [3.8, 4) is 0 Å². The molecule has 1 rings (SSSR count). The number of nitrogens with zero attached hydrogens (tertiary/aromatic N) is 2. The van der Waals surface area contributed by atoms with Crippen LogP contribution in [0.3, 0.4) is 0 Å². The third-order valence-corrected chi connectivity index (χ3v) is 4.86. The summed E-state index contributed by atoms with van der Waals surface area (Å²) in [5.74, 6) is 1.74. The number of methoxy groups -OCH3 is 1. The van der Waals surface area contributed by atoms with Crippen LogP contribution in [0.1, 0.15) is 53.4 Å². The zero-order chi connectivity index (χ0) is 18.0. The Balaban J connectivity index is 0.00000576. The first-order chi connectivity index (χ1) is 11.4. The summed E-state index contributed by atoms with van der Waals surface area (Å²) in [5, 5.41) is 6.79. The van der Waals surface area contributed by atoms with E-state index in [-0.39, 0.29) is 35.5 Å². The molecular formula is C19H41IN4O. The second-order valence-electron chi connectivity index (χ2n) is 8.23. The molecule has 2 N–H and O–H groups in total. The molecule has 1 aliphatic rings. The number of halogens is 1. The number of unbranched alkanes of at least 4 members (excludes halogenated alkanes) is 1. The molecule has 1 fully saturated rings. The number of hydrogen-bond acceptors (Lipinski definition) is 3. The zero-order valence-corrected chi connectivity index (χ0v) is 19.6. The molecule has 0 aromatic rings. The van der Waals surface area contributed by atoms with Crippen LogP contribution in [0.2, 0.25) is 0 Å².